The van der Waals surface area contributed by atoms with Crippen LogP contribution in [0.3, 0.4) is 0 Å². The maximum absolute atomic E-state index is 13.0. The highest BCUT2D eigenvalue weighted by molar-refractivity contribution is 8.00. The first-order chi connectivity index (χ1) is 12.3. The molecule has 1 saturated carbocycles. The minimum Gasteiger partial charge on any atom is -0.352 e. The summed E-state index contributed by atoms with van der Waals surface area (Å²) in [5, 5.41) is 10.8. The Morgan fingerprint density at radius 1 is 1.27 bits per heavy atom. The summed E-state index contributed by atoms with van der Waals surface area (Å²) in [6.07, 6.45) is 0.703. The van der Waals surface area contributed by atoms with Gasteiger partial charge in [-0.2, -0.15) is 13.2 Å². The van der Waals surface area contributed by atoms with Crippen LogP contribution in [0.15, 0.2) is 23.5 Å². The highest BCUT2D eigenvalue weighted by Crippen LogP contribution is 2.32. The molecule has 0 saturated heterocycles. The molecule has 0 aromatic carbocycles. The third-order valence-electron chi connectivity index (χ3n) is 4.50. The SMILES string of the molecule is CC(C)C(Sc1nnc2ccc(C(F)(F)F)cn12)C(=O)NC1CCCC1. The minimum atomic E-state index is -4.45. The molecule has 1 aliphatic carbocycles. The third kappa shape index (κ3) is 4.13. The van der Waals surface area contributed by atoms with Gasteiger partial charge in [0.1, 0.15) is 0 Å². The van der Waals surface area contributed by atoms with E-state index in [1.165, 1.54) is 10.5 Å². The predicted octanol–water partition coefficient (Wildman–Crippen LogP) is 3.92. The molecule has 2 aromatic heterocycles. The van der Waals surface area contributed by atoms with Crippen LogP contribution < -0.4 is 5.32 Å². The second kappa shape index (κ2) is 7.46. The van der Waals surface area contributed by atoms with Crippen molar-refractivity contribution in [3.8, 4) is 0 Å². The number of hydrogen-bond acceptors (Lipinski definition) is 4. The van der Waals surface area contributed by atoms with Gasteiger partial charge in [-0.1, -0.05) is 38.5 Å². The molecular formula is C17H21F3N4OS. The van der Waals surface area contributed by atoms with E-state index in [1.54, 1.807) is 0 Å². The van der Waals surface area contributed by atoms with E-state index in [2.05, 4.69) is 15.5 Å². The molecule has 0 aliphatic heterocycles. The molecule has 1 unspecified atom stereocenters. The van der Waals surface area contributed by atoms with Crippen molar-refractivity contribution in [2.24, 2.45) is 5.92 Å². The fourth-order valence-electron chi connectivity index (χ4n) is 3.08. The van der Waals surface area contributed by atoms with Crippen LogP contribution >= 0.6 is 11.8 Å². The number of halogens is 3. The number of rotatable bonds is 5. The molecule has 1 fully saturated rings. The van der Waals surface area contributed by atoms with E-state index in [-0.39, 0.29) is 23.0 Å². The Balaban J connectivity index is 1.83. The van der Waals surface area contributed by atoms with Crippen LogP contribution in [0.1, 0.15) is 45.1 Å². The van der Waals surface area contributed by atoms with E-state index >= 15 is 0 Å². The number of aromatic nitrogens is 3. The Morgan fingerprint density at radius 3 is 2.58 bits per heavy atom. The van der Waals surface area contributed by atoms with Crippen molar-refractivity contribution in [3.63, 3.8) is 0 Å². The molecule has 26 heavy (non-hydrogen) atoms. The number of nitrogens with one attached hydrogen (secondary N) is 1. The summed E-state index contributed by atoms with van der Waals surface area (Å²) in [6.45, 7) is 3.83. The van der Waals surface area contributed by atoms with E-state index in [9.17, 15) is 18.0 Å². The van der Waals surface area contributed by atoms with Crippen LogP contribution in [0.2, 0.25) is 0 Å². The monoisotopic (exact) mass is 386 g/mol. The van der Waals surface area contributed by atoms with Gasteiger partial charge in [0.15, 0.2) is 10.8 Å². The molecule has 1 atom stereocenters. The number of carbonyl (C=O) groups excluding carboxylic acids is 1. The van der Waals surface area contributed by atoms with E-state index in [0.717, 1.165) is 49.7 Å². The predicted molar refractivity (Wildman–Crippen MR) is 92.9 cm³/mol. The van der Waals surface area contributed by atoms with Crippen LogP contribution in [0.5, 0.6) is 0 Å². The van der Waals surface area contributed by atoms with E-state index in [1.807, 2.05) is 13.8 Å². The van der Waals surface area contributed by atoms with Gasteiger partial charge in [-0.25, -0.2) is 0 Å². The molecule has 2 heterocycles. The molecule has 0 bridgehead atoms. The first-order valence-electron chi connectivity index (χ1n) is 8.64. The number of thioether (sulfide) groups is 1. The van der Waals surface area contributed by atoms with Crippen LogP contribution in [0.4, 0.5) is 13.2 Å². The standard InChI is InChI=1S/C17H21F3N4OS/c1-10(2)14(15(25)21-12-5-3-4-6-12)26-16-23-22-13-8-7-11(9-24(13)16)17(18,19)20/h7-10,12,14H,3-6H2,1-2H3,(H,21,25). The fourth-order valence-corrected chi connectivity index (χ4v) is 4.10. The van der Waals surface area contributed by atoms with E-state index in [0.29, 0.717) is 5.65 Å². The van der Waals surface area contributed by atoms with Crippen molar-refractivity contribution in [1.29, 1.82) is 0 Å². The lowest BCUT2D eigenvalue weighted by atomic mass is 10.1. The lowest BCUT2D eigenvalue weighted by molar-refractivity contribution is -0.137. The van der Waals surface area contributed by atoms with E-state index in [4.69, 9.17) is 0 Å². The normalized spacial score (nSPS) is 17.2. The minimum absolute atomic E-state index is 0.000415. The third-order valence-corrected chi connectivity index (χ3v) is 6.00. The van der Waals surface area contributed by atoms with E-state index < -0.39 is 17.0 Å². The zero-order valence-corrected chi connectivity index (χ0v) is 15.4. The van der Waals surface area contributed by atoms with Crippen LogP contribution in [0.25, 0.3) is 5.65 Å². The number of nitrogens with zero attached hydrogens (tertiary/aromatic N) is 3. The summed E-state index contributed by atoms with van der Waals surface area (Å²) in [7, 11) is 0. The number of amides is 1. The Labute approximate surface area is 153 Å². The Morgan fingerprint density at radius 2 is 1.96 bits per heavy atom. The summed E-state index contributed by atoms with van der Waals surface area (Å²) >= 11 is 1.15. The van der Waals surface area contributed by atoms with Gasteiger partial charge in [-0.3, -0.25) is 9.20 Å². The quantitative estimate of drug-likeness (QED) is 0.792. The van der Waals surface area contributed by atoms with Gasteiger partial charge < -0.3 is 5.32 Å². The molecule has 0 radical (unpaired) electrons. The van der Waals surface area contributed by atoms with Crippen LogP contribution in [0, 0.1) is 5.92 Å². The molecule has 1 amide bonds. The number of alkyl halides is 3. The first kappa shape index (κ1) is 19.0. The lowest BCUT2D eigenvalue weighted by Crippen LogP contribution is -2.41. The van der Waals surface area contributed by atoms with Crippen molar-refractivity contribution < 1.29 is 18.0 Å². The highest BCUT2D eigenvalue weighted by atomic mass is 32.2. The van der Waals surface area contributed by atoms with Gasteiger partial charge in [0.25, 0.3) is 0 Å². The van der Waals surface area contributed by atoms with Crippen molar-refractivity contribution in [3.05, 3.63) is 23.9 Å². The van der Waals surface area contributed by atoms with Crippen molar-refractivity contribution >= 4 is 23.3 Å². The van der Waals surface area contributed by atoms with Crippen molar-refractivity contribution in [2.75, 3.05) is 0 Å². The first-order valence-corrected chi connectivity index (χ1v) is 9.52. The van der Waals surface area contributed by atoms with Gasteiger partial charge in [0.2, 0.25) is 5.91 Å². The second-order valence-electron chi connectivity index (χ2n) is 6.90. The van der Waals surface area contributed by atoms with Gasteiger partial charge in [-0.05, 0) is 30.9 Å². The molecule has 3 rings (SSSR count). The molecule has 1 N–H and O–H groups in total. The number of hydrogen-bond donors (Lipinski definition) is 1. The summed E-state index contributed by atoms with van der Waals surface area (Å²) in [4.78, 5) is 12.7. The highest BCUT2D eigenvalue weighted by Gasteiger charge is 2.32. The average Bonchev–Trinajstić information content (AvgIpc) is 3.20. The summed E-state index contributed by atoms with van der Waals surface area (Å²) in [5.74, 6) is -0.0971. The van der Waals surface area contributed by atoms with Crippen molar-refractivity contribution in [1.82, 2.24) is 19.9 Å². The molecular weight excluding hydrogens is 365 g/mol. The smallest absolute Gasteiger partial charge is 0.352 e. The van der Waals surface area contributed by atoms with Crippen LogP contribution in [-0.4, -0.2) is 31.8 Å². The topological polar surface area (TPSA) is 59.3 Å². The summed E-state index contributed by atoms with van der Waals surface area (Å²) in [5.41, 5.74) is -0.456. The van der Waals surface area contributed by atoms with Gasteiger partial charge in [0, 0.05) is 12.2 Å². The van der Waals surface area contributed by atoms with Crippen LogP contribution in [-0.2, 0) is 11.0 Å². The zero-order chi connectivity index (χ0) is 18.9. The number of pyridine rings is 1. The van der Waals surface area contributed by atoms with Gasteiger partial charge >= 0.3 is 6.18 Å². The molecule has 5 nitrogen and oxygen atoms in total. The lowest BCUT2D eigenvalue weighted by Gasteiger charge is -2.21. The van der Waals surface area contributed by atoms with Gasteiger partial charge in [0.05, 0.1) is 10.8 Å². The number of carbonyl (C=O) groups is 1. The molecule has 9 heteroatoms. The second-order valence-corrected chi connectivity index (χ2v) is 8.01. The zero-order valence-electron chi connectivity index (χ0n) is 14.6. The maximum Gasteiger partial charge on any atom is 0.417 e. The Bertz CT molecular complexity index is 784. The molecule has 0 spiro atoms. The summed E-state index contributed by atoms with van der Waals surface area (Å²) in [6, 6.07) is 2.45. The summed E-state index contributed by atoms with van der Waals surface area (Å²) < 4.78 is 40.2. The average molecular weight is 386 g/mol. The fraction of sp³-hybridized carbons (Fsp3) is 0.588. The number of fused-ring (bicyclic) bond motifs is 1. The van der Waals surface area contributed by atoms with Crippen molar-refractivity contribution in [2.45, 2.75) is 62.2 Å². The molecule has 142 valence electrons. The Hall–Kier alpha value is -1.77. The molecule has 1 aliphatic rings. The molecule has 2 aromatic rings. The Kier molecular flexibility index (Phi) is 5.45. The maximum atomic E-state index is 13.0. The largest absolute Gasteiger partial charge is 0.417 e. The van der Waals surface area contributed by atoms with Gasteiger partial charge in [-0.15, -0.1) is 10.2 Å².